The average molecular weight is 310 g/mol. The van der Waals surface area contributed by atoms with Crippen LogP contribution in [0.4, 0.5) is 10.5 Å². The summed E-state index contributed by atoms with van der Waals surface area (Å²) in [6.45, 7) is 1.65. The highest BCUT2D eigenvalue weighted by atomic mass is 35.5. The third-order valence-electron chi connectivity index (χ3n) is 2.91. The molecule has 2 aromatic heterocycles. The van der Waals surface area contributed by atoms with E-state index in [0.29, 0.717) is 16.4 Å². The van der Waals surface area contributed by atoms with Gasteiger partial charge in [-0.3, -0.25) is 4.68 Å². The Morgan fingerprint density at radius 2 is 2.24 bits per heavy atom. The number of halogens is 1. The quantitative estimate of drug-likeness (QED) is 0.746. The van der Waals surface area contributed by atoms with Crippen LogP contribution < -0.4 is 10.6 Å². The normalized spacial score (nSPS) is 13.5. The number of aliphatic hydroxyl groups is 1. The molecule has 0 aliphatic carbocycles. The Morgan fingerprint density at radius 3 is 2.81 bits per heavy atom. The Kier molecular flexibility index (Phi) is 4.44. The van der Waals surface area contributed by atoms with Gasteiger partial charge in [-0.2, -0.15) is 5.10 Å². The average Bonchev–Trinajstić information content (AvgIpc) is 2.87. The van der Waals surface area contributed by atoms with Gasteiger partial charge in [0, 0.05) is 18.8 Å². The molecule has 21 heavy (non-hydrogen) atoms. The topological polar surface area (TPSA) is 92.1 Å². The highest BCUT2D eigenvalue weighted by Gasteiger charge is 2.25. The molecule has 0 fully saturated rings. The zero-order valence-electron chi connectivity index (χ0n) is 11.7. The molecule has 0 saturated carbocycles. The van der Waals surface area contributed by atoms with Gasteiger partial charge in [0.2, 0.25) is 0 Å². The minimum atomic E-state index is -1.20. The number of rotatable bonds is 4. The summed E-state index contributed by atoms with van der Waals surface area (Å²) in [7, 11) is 1.76. The third-order valence-corrected chi connectivity index (χ3v) is 3.13. The molecule has 112 valence electrons. The van der Waals surface area contributed by atoms with Crippen LogP contribution in [0.2, 0.25) is 5.15 Å². The molecule has 8 heteroatoms. The van der Waals surface area contributed by atoms with Gasteiger partial charge in [-0.1, -0.05) is 11.6 Å². The van der Waals surface area contributed by atoms with Crippen molar-refractivity contribution in [3.63, 3.8) is 0 Å². The molecule has 0 bridgehead atoms. The van der Waals surface area contributed by atoms with Gasteiger partial charge in [-0.05, 0) is 19.1 Å². The van der Waals surface area contributed by atoms with E-state index >= 15 is 0 Å². The minimum absolute atomic E-state index is 0.0472. The molecular formula is C13H16ClN5O2. The molecule has 1 unspecified atom stereocenters. The smallest absolute Gasteiger partial charge is 0.319 e. The maximum atomic E-state index is 11.8. The molecule has 2 aromatic rings. The van der Waals surface area contributed by atoms with Crippen molar-refractivity contribution in [1.29, 1.82) is 0 Å². The lowest BCUT2D eigenvalue weighted by atomic mass is 10.00. The monoisotopic (exact) mass is 309 g/mol. The van der Waals surface area contributed by atoms with Crippen LogP contribution in [0, 0.1) is 0 Å². The number of carbonyl (C=O) groups excluding carboxylic acids is 1. The van der Waals surface area contributed by atoms with E-state index in [1.165, 1.54) is 6.20 Å². The number of pyridine rings is 1. The lowest BCUT2D eigenvalue weighted by Crippen LogP contribution is -2.40. The number of nitrogens with zero attached hydrogens (tertiary/aromatic N) is 3. The summed E-state index contributed by atoms with van der Waals surface area (Å²) in [5.41, 5.74) is -0.0690. The third kappa shape index (κ3) is 4.17. The summed E-state index contributed by atoms with van der Waals surface area (Å²) in [6, 6.07) is 2.76. The van der Waals surface area contributed by atoms with Crippen molar-refractivity contribution in [1.82, 2.24) is 20.1 Å². The first-order valence-corrected chi connectivity index (χ1v) is 6.62. The number of anilines is 1. The van der Waals surface area contributed by atoms with Gasteiger partial charge in [-0.15, -0.1) is 0 Å². The van der Waals surface area contributed by atoms with Crippen molar-refractivity contribution in [3.05, 3.63) is 41.4 Å². The molecule has 0 radical (unpaired) electrons. The van der Waals surface area contributed by atoms with Gasteiger partial charge < -0.3 is 15.7 Å². The molecule has 0 spiro atoms. The van der Waals surface area contributed by atoms with Crippen molar-refractivity contribution in [2.24, 2.45) is 7.05 Å². The van der Waals surface area contributed by atoms with Crippen molar-refractivity contribution < 1.29 is 9.90 Å². The van der Waals surface area contributed by atoms with Crippen LogP contribution in [-0.4, -0.2) is 32.4 Å². The summed E-state index contributed by atoms with van der Waals surface area (Å²) in [5.74, 6) is 0. The number of urea groups is 1. The predicted molar refractivity (Wildman–Crippen MR) is 79.0 cm³/mol. The van der Waals surface area contributed by atoms with Gasteiger partial charge in [0.25, 0.3) is 0 Å². The van der Waals surface area contributed by atoms with E-state index in [1.807, 2.05) is 0 Å². The second-order valence-corrected chi connectivity index (χ2v) is 5.24. The maximum Gasteiger partial charge on any atom is 0.319 e. The molecule has 7 nitrogen and oxygen atoms in total. The first-order valence-electron chi connectivity index (χ1n) is 6.25. The summed E-state index contributed by atoms with van der Waals surface area (Å²) in [6.07, 6.45) is 4.70. The van der Waals surface area contributed by atoms with E-state index < -0.39 is 11.6 Å². The molecule has 0 aliphatic rings. The molecular weight excluding hydrogens is 294 g/mol. The molecule has 3 N–H and O–H groups in total. The second-order valence-electron chi connectivity index (χ2n) is 4.85. The lowest BCUT2D eigenvalue weighted by molar-refractivity contribution is 0.0599. The number of aromatic nitrogens is 3. The van der Waals surface area contributed by atoms with Gasteiger partial charge >= 0.3 is 6.03 Å². The second kappa shape index (κ2) is 6.11. The highest BCUT2D eigenvalue weighted by Crippen LogP contribution is 2.18. The summed E-state index contributed by atoms with van der Waals surface area (Å²) in [5, 5.41) is 19.9. The van der Waals surface area contributed by atoms with Crippen molar-refractivity contribution >= 4 is 23.3 Å². The standard InChI is InChI=1S/C13H16ClN5O2/c1-13(21,9-5-17-19(2)7-9)8-16-12(20)18-10-3-4-11(14)15-6-10/h3-7,21H,8H2,1-2H3,(H2,16,18,20). The van der Waals surface area contributed by atoms with Crippen molar-refractivity contribution in [3.8, 4) is 0 Å². The molecule has 2 amide bonds. The number of amides is 2. The van der Waals surface area contributed by atoms with E-state index in [9.17, 15) is 9.90 Å². The Morgan fingerprint density at radius 1 is 1.48 bits per heavy atom. The van der Waals surface area contributed by atoms with Crippen molar-refractivity contribution in [2.75, 3.05) is 11.9 Å². The van der Waals surface area contributed by atoms with E-state index in [1.54, 1.807) is 43.2 Å². The van der Waals surface area contributed by atoms with Crippen LogP contribution in [-0.2, 0) is 12.6 Å². The number of hydrogen-bond acceptors (Lipinski definition) is 4. The largest absolute Gasteiger partial charge is 0.383 e. The SMILES string of the molecule is Cn1cc(C(C)(O)CNC(=O)Nc2ccc(Cl)nc2)cn1. The van der Waals surface area contributed by atoms with Crippen LogP contribution in [0.1, 0.15) is 12.5 Å². The van der Waals surface area contributed by atoms with Crippen LogP contribution in [0.3, 0.4) is 0 Å². The maximum absolute atomic E-state index is 11.8. The highest BCUT2D eigenvalue weighted by molar-refractivity contribution is 6.29. The Hall–Kier alpha value is -2.12. The first-order chi connectivity index (χ1) is 9.87. The number of nitrogens with one attached hydrogen (secondary N) is 2. The molecule has 0 aromatic carbocycles. The van der Waals surface area contributed by atoms with Crippen LogP contribution in [0.25, 0.3) is 0 Å². The summed E-state index contributed by atoms with van der Waals surface area (Å²) < 4.78 is 1.59. The summed E-state index contributed by atoms with van der Waals surface area (Å²) in [4.78, 5) is 15.6. The van der Waals surface area contributed by atoms with E-state index in [2.05, 4.69) is 20.7 Å². The Labute approximate surface area is 126 Å². The van der Waals surface area contributed by atoms with Crippen LogP contribution >= 0.6 is 11.6 Å². The van der Waals surface area contributed by atoms with Crippen molar-refractivity contribution in [2.45, 2.75) is 12.5 Å². The molecule has 2 rings (SSSR count). The number of carbonyl (C=O) groups is 1. The number of hydrogen-bond donors (Lipinski definition) is 3. The van der Waals surface area contributed by atoms with E-state index in [-0.39, 0.29) is 6.54 Å². The number of aryl methyl sites for hydroxylation is 1. The molecule has 0 aliphatic heterocycles. The van der Waals surface area contributed by atoms with E-state index in [0.717, 1.165) is 0 Å². The zero-order chi connectivity index (χ0) is 15.5. The molecule has 1 atom stereocenters. The summed E-state index contributed by atoms with van der Waals surface area (Å²) >= 11 is 5.66. The minimum Gasteiger partial charge on any atom is -0.383 e. The van der Waals surface area contributed by atoms with E-state index in [4.69, 9.17) is 11.6 Å². The predicted octanol–water partition coefficient (Wildman–Crippen LogP) is 1.50. The first kappa shape index (κ1) is 15.3. The lowest BCUT2D eigenvalue weighted by Gasteiger charge is -2.22. The fourth-order valence-corrected chi connectivity index (χ4v) is 1.79. The fourth-order valence-electron chi connectivity index (χ4n) is 1.68. The Balaban J connectivity index is 1.90. The fraction of sp³-hybridized carbons (Fsp3) is 0.308. The van der Waals surface area contributed by atoms with Gasteiger partial charge in [0.05, 0.1) is 24.6 Å². The van der Waals surface area contributed by atoms with Gasteiger partial charge in [0.15, 0.2) is 0 Å². The Bertz CT molecular complexity index is 624. The zero-order valence-corrected chi connectivity index (χ0v) is 12.4. The van der Waals surface area contributed by atoms with Crippen LogP contribution in [0.15, 0.2) is 30.7 Å². The molecule has 0 saturated heterocycles. The molecule has 2 heterocycles. The van der Waals surface area contributed by atoms with Crippen LogP contribution in [0.5, 0.6) is 0 Å². The van der Waals surface area contributed by atoms with Gasteiger partial charge in [-0.25, -0.2) is 9.78 Å². The van der Waals surface area contributed by atoms with Gasteiger partial charge in [0.1, 0.15) is 10.8 Å².